The van der Waals surface area contributed by atoms with Crippen LogP contribution in [0.15, 0.2) is 60.7 Å². The number of nitrogens with zero attached hydrogens (tertiary/aromatic N) is 2. The molecule has 10 nitrogen and oxygen atoms in total. The summed E-state index contributed by atoms with van der Waals surface area (Å²) in [7, 11) is 0. The zero-order chi connectivity index (χ0) is 28.1. The molecule has 0 aromatic heterocycles. The van der Waals surface area contributed by atoms with Crippen LogP contribution in [0.25, 0.3) is 0 Å². The van der Waals surface area contributed by atoms with E-state index in [1.807, 2.05) is 32.0 Å². The van der Waals surface area contributed by atoms with E-state index in [-0.39, 0.29) is 35.7 Å². The predicted octanol–water partition coefficient (Wildman–Crippen LogP) is 5.23. The number of ether oxygens (including phenoxy) is 1. The van der Waals surface area contributed by atoms with Gasteiger partial charge in [-0.15, -0.1) is 0 Å². The Morgan fingerprint density at radius 2 is 1.69 bits per heavy atom. The van der Waals surface area contributed by atoms with E-state index in [0.717, 1.165) is 21.7 Å². The van der Waals surface area contributed by atoms with Crippen LogP contribution in [0.4, 0.5) is 11.4 Å². The summed E-state index contributed by atoms with van der Waals surface area (Å²) in [6.45, 7) is 3.96. The van der Waals surface area contributed by atoms with Gasteiger partial charge in [0, 0.05) is 30.3 Å². The van der Waals surface area contributed by atoms with Crippen LogP contribution in [0, 0.1) is 24.0 Å². The quantitative estimate of drug-likeness (QED) is 0.0949. The van der Waals surface area contributed by atoms with E-state index in [1.165, 1.54) is 18.2 Å². The number of aryl methyl sites for hydroxylation is 2. The van der Waals surface area contributed by atoms with Crippen molar-refractivity contribution < 1.29 is 28.8 Å². The Labute approximate surface area is 224 Å². The van der Waals surface area contributed by atoms with Gasteiger partial charge in [-0.05, 0) is 74.2 Å². The van der Waals surface area contributed by atoms with E-state index in [4.69, 9.17) is 4.74 Å². The van der Waals surface area contributed by atoms with Crippen molar-refractivity contribution in [1.82, 2.24) is 4.90 Å². The molecule has 0 saturated heterocycles. The van der Waals surface area contributed by atoms with Gasteiger partial charge in [0.1, 0.15) is 11.3 Å². The number of unbranched alkanes of at least 4 members (excludes halogenated alkanes) is 2. The third-order valence-corrected chi connectivity index (χ3v) is 6.43. The van der Waals surface area contributed by atoms with Crippen molar-refractivity contribution >= 4 is 35.1 Å². The molecule has 0 aliphatic carbocycles. The fourth-order valence-corrected chi connectivity index (χ4v) is 4.31. The van der Waals surface area contributed by atoms with Crippen molar-refractivity contribution in [3.63, 3.8) is 0 Å². The molecule has 0 spiro atoms. The van der Waals surface area contributed by atoms with Gasteiger partial charge in [0.2, 0.25) is 0 Å². The largest absolute Gasteiger partial charge is 0.427 e. The molecule has 0 saturated carbocycles. The van der Waals surface area contributed by atoms with E-state index in [0.29, 0.717) is 30.6 Å². The lowest BCUT2D eigenvalue weighted by molar-refractivity contribution is -0.385. The Balaban J connectivity index is 1.21. The monoisotopic (exact) mass is 529 g/mol. The third kappa shape index (κ3) is 6.18. The molecule has 4 rings (SSSR count). The lowest BCUT2D eigenvalue weighted by Gasteiger charge is -2.13. The minimum atomic E-state index is -0.673. The minimum Gasteiger partial charge on any atom is -0.427 e. The second-order valence-corrected chi connectivity index (χ2v) is 9.30. The number of anilines is 1. The van der Waals surface area contributed by atoms with E-state index in [1.54, 1.807) is 24.3 Å². The van der Waals surface area contributed by atoms with E-state index < -0.39 is 22.7 Å². The van der Waals surface area contributed by atoms with E-state index in [9.17, 15) is 29.3 Å². The Morgan fingerprint density at radius 1 is 0.949 bits per heavy atom. The van der Waals surface area contributed by atoms with Crippen LogP contribution >= 0.6 is 0 Å². The van der Waals surface area contributed by atoms with Crippen molar-refractivity contribution in [3.8, 4) is 5.75 Å². The van der Waals surface area contributed by atoms with E-state index in [2.05, 4.69) is 5.32 Å². The molecule has 0 fully saturated rings. The van der Waals surface area contributed by atoms with Crippen LogP contribution in [0.2, 0.25) is 0 Å². The highest BCUT2D eigenvalue weighted by Gasteiger charge is 2.40. The fourth-order valence-electron chi connectivity index (χ4n) is 4.31. The molecule has 39 heavy (non-hydrogen) atoms. The Morgan fingerprint density at radius 3 is 2.41 bits per heavy atom. The molecule has 0 bridgehead atoms. The molecule has 0 unspecified atom stereocenters. The highest BCUT2D eigenvalue weighted by Crippen LogP contribution is 2.31. The van der Waals surface area contributed by atoms with Gasteiger partial charge in [0.15, 0.2) is 0 Å². The van der Waals surface area contributed by atoms with Crippen LogP contribution in [0.3, 0.4) is 0 Å². The van der Waals surface area contributed by atoms with Gasteiger partial charge in [-0.25, -0.2) is 0 Å². The molecule has 200 valence electrons. The number of carbonyl (C=O) groups is 4. The van der Waals surface area contributed by atoms with Crippen molar-refractivity contribution in [2.24, 2.45) is 0 Å². The van der Waals surface area contributed by atoms with Gasteiger partial charge in [0.25, 0.3) is 23.4 Å². The summed E-state index contributed by atoms with van der Waals surface area (Å²) in [5.74, 6) is -1.62. The number of amides is 3. The predicted molar refractivity (Wildman–Crippen MR) is 143 cm³/mol. The number of hydrogen-bond donors (Lipinski definition) is 1. The maximum atomic E-state index is 12.6. The number of nitro benzene ring substituents is 1. The SMILES string of the molecule is Cc1ccc(C)c(NC(=O)c2ccc(OC(=O)CCCCCN3C(=O)c4cccc([N+](=O)[O-])c4C3=O)cc2)c1. The molecule has 1 aliphatic heterocycles. The lowest BCUT2D eigenvalue weighted by atomic mass is 10.1. The fraction of sp³-hybridized carbons (Fsp3) is 0.241. The second kappa shape index (κ2) is 11.7. The first-order valence-electron chi connectivity index (χ1n) is 12.5. The molecule has 3 amide bonds. The highest BCUT2D eigenvalue weighted by atomic mass is 16.6. The number of esters is 1. The van der Waals surface area contributed by atoms with Crippen molar-refractivity contribution in [2.75, 3.05) is 11.9 Å². The molecule has 1 aliphatic rings. The average molecular weight is 530 g/mol. The normalized spacial score (nSPS) is 12.3. The van der Waals surface area contributed by atoms with E-state index >= 15 is 0 Å². The summed E-state index contributed by atoms with van der Waals surface area (Å²) in [6, 6.07) is 16.1. The number of nitrogens with one attached hydrogen (secondary N) is 1. The molecule has 0 atom stereocenters. The van der Waals surface area contributed by atoms with Crippen molar-refractivity contribution in [1.29, 1.82) is 0 Å². The summed E-state index contributed by atoms with van der Waals surface area (Å²) >= 11 is 0. The lowest BCUT2D eigenvalue weighted by Crippen LogP contribution is -2.30. The first-order chi connectivity index (χ1) is 18.7. The molecule has 3 aromatic rings. The van der Waals surface area contributed by atoms with Gasteiger partial charge in [0.05, 0.1) is 10.5 Å². The zero-order valence-corrected chi connectivity index (χ0v) is 21.6. The van der Waals surface area contributed by atoms with Crippen LogP contribution in [-0.4, -0.2) is 40.1 Å². The second-order valence-electron chi connectivity index (χ2n) is 9.30. The topological polar surface area (TPSA) is 136 Å². The number of nitro groups is 1. The first kappa shape index (κ1) is 27.2. The summed E-state index contributed by atoms with van der Waals surface area (Å²) in [6.07, 6.45) is 1.58. The van der Waals surface area contributed by atoms with Gasteiger partial charge < -0.3 is 10.1 Å². The van der Waals surface area contributed by atoms with Gasteiger partial charge in [-0.1, -0.05) is 24.6 Å². The third-order valence-electron chi connectivity index (χ3n) is 6.43. The molecule has 3 aromatic carbocycles. The van der Waals surface area contributed by atoms with Crippen LogP contribution in [0.1, 0.15) is 67.9 Å². The van der Waals surface area contributed by atoms with Crippen molar-refractivity contribution in [3.05, 3.63) is 98.6 Å². The molecule has 10 heteroatoms. The maximum absolute atomic E-state index is 12.6. The molecule has 0 radical (unpaired) electrons. The average Bonchev–Trinajstić information content (AvgIpc) is 3.15. The summed E-state index contributed by atoms with van der Waals surface area (Å²) in [4.78, 5) is 61.5. The van der Waals surface area contributed by atoms with Crippen LogP contribution < -0.4 is 10.1 Å². The first-order valence-corrected chi connectivity index (χ1v) is 12.5. The minimum absolute atomic E-state index is 0.0338. The van der Waals surface area contributed by atoms with Gasteiger partial charge in [-0.3, -0.25) is 34.2 Å². The maximum Gasteiger partial charge on any atom is 0.311 e. The van der Waals surface area contributed by atoms with Crippen molar-refractivity contribution in [2.45, 2.75) is 39.5 Å². The number of hydrogen-bond acceptors (Lipinski definition) is 7. The number of benzene rings is 3. The highest BCUT2D eigenvalue weighted by molar-refractivity contribution is 6.23. The standard InChI is InChI=1S/C29H27N3O7/c1-18-10-11-19(2)23(17-18)30-27(34)20-12-14-21(15-13-20)39-25(33)9-4-3-5-16-31-28(35)22-7-6-8-24(32(37)38)26(22)29(31)36/h6-8,10-15,17H,3-5,9,16H2,1-2H3,(H,30,34). The summed E-state index contributed by atoms with van der Waals surface area (Å²) in [5, 5.41) is 14.1. The van der Waals surface area contributed by atoms with Crippen LogP contribution in [-0.2, 0) is 4.79 Å². The number of rotatable bonds is 10. The number of imide groups is 1. The molecular weight excluding hydrogens is 502 g/mol. The Bertz CT molecular complexity index is 1460. The number of fused-ring (bicyclic) bond motifs is 1. The molecular formula is C29H27N3O7. The van der Waals surface area contributed by atoms with Gasteiger partial charge in [-0.2, -0.15) is 0 Å². The number of carbonyl (C=O) groups excluding carboxylic acids is 4. The summed E-state index contributed by atoms with van der Waals surface area (Å²) in [5.41, 5.74) is 2.62. The summed E-state index contributed by atoms with van der Waals surface area (Å²) < 4.78 is 5.34. The molecule has 1 N–H and O–H groups in total. The molecule has 1 heterocycles. The van der Waals surface area contributed by atoms with Gasteiger partial charge >= 0.3 is 5.97 Å². The van der Waals surface area contributed by atoms with Crippen LogP contribution in [0.5, 0.6) is 5.75 Å². The Hall–Kier alpha value is -4.86. The smallest absolute Gasteiger partial charge is 0.311 e. The Kier molecular flexibility index (Phi) is 8.14. The zero-order valence-electron chi connectivity index (χ0n) is 21.6.